The number of nitrogens with zero attached hydrogens (tertiary/aromatic N) is 4. The van der Waals surface area contributed by atoms with Gasteiger partial charge in [-0.2, -0.15) is 5.10 Å². The zero-order chi connectivity index (χ0) is 20.1. The molecule has 152 valence electrons. The van der Waals surface area contributed by atoms with Gasteiger partial charge in [-0.05, 0) is 52.2 Å². The third kappa shape index (κ3) is 4.54. The molecule has 3 rings (SSSR count). The second kappa shape index (κ2) is 9.22. The van der Waals surface area contributed by atoms with Crippen LogP contribution in [0.3, 0.4) is 0 Å². The van der Waals surface area contributed by atoms with Gasteiger partial charge in [0.1, 0.15) is 0 Å². The predicted octanol–water partition coefficient (Wildman–Crippen LogP) is 4.52. The Morgan fingerprint density at radius 1 is 1.32 bits per heavy atom. The van der Waals surface area contributed by atoms with Crippen molar-refractivity contribution < 1.29 is 4.79 Å². The van der Waals surface area contributed by atoms with Gasteiger partial charge in [-0.1, -0.05) is 25.3 Å². The van der Waals surface area contributed by atoms with Gasteiger partial charge >= 0.3 is 6.03 Å². The molecule has 1 aliphatic rings. The number of aryl methyl sites for hydroxylation is 2. The van der Waals surface area contributed by atoms with Crippen LogP contribution in [0.2, 0.25) is 0 Å². The first-order chi connectivity index (χ1) is 13.5. The molecule has 2 amide bonds. The molecule has 0 aromatic carbocycles. The molecule has 0 radical (unpaired) electrons. The number of pyridine rings is 1. The zero-order valence-corrected chi connectivity index (χ0v) is 17.6. The predicted molar refractivity (Wildman–Crippen MR) is 111 cm³/mol. The molecular weight excluding hydrogens is 350 g/mol. The molecule has 1 N–H and O–H groups in total. The highest BCUT2D eigenvalue weighted by atomic mass is 16.2. The van der Waals surface area contributed by atoms with Crippen molar-refractivity contribution in [3.05, 3.63) is 47.0 Å². The number of aromatic nitrogens is 3. The van der Waals surface area contributed by atoms with Gasteiger partial charge in [-0.15, -0.1) is 0 Å². The molecule has 0 saturated heterocycles. The minimum Gasteiger partial charge on any atom is -0.331 e. The van der Waals surface area contributed by atoms with E-state index in [9.17, 15) is 4.79 Å². The number of amides is 2. The maximum atomic E-state index is 13.3. The molecule has 0 unspecified atom stereocenters. The summed E-state index contributed by atoms with van der Waals surface area (Å²) in [6.45, 7) is 9.68. The third-order valence-corrected chi connectivity index (χ3v) is 5.86. The average Bonchev–Trinajstić information content (AvgIpc) is 3.00. The number of hydrogen-bond acceptors (Lipinski definition) is 3. The summed E-state index contributed by atoms with van der Waals surface area (Å²) in [6.07, 6.45) is 9.43. The fourth-order valence-electron chi connectivity index (χ4n) is 4.43. The van der Waals surface area contributed by atoms with Gasteiger partial charge < -0.3 is 10.2 Å². The molecule has 2 aromatic rings. The Kier molecular flexibility index (Phi) is 6.70. The first kappa shape index (κ1) is 20.4. The van der Waals surface area contributed by atoms with Crippen LogP contribution in [-0.2, 0) is 13.1 Å². The van der Waals surface area contributed by atoms with E-state index in [-0.39, 0.29) is 12.1 Å². The Balaban J connectivity index is 1.77. The smallest absolute Gasteiger partial charge is 0.318 e. The topological polar surface area (TPSA) is 63.1 Å². The van der Waals surface area contributed by atoms with E-state index in [1.165, 1.54) is 19.3 Å². The lowest BCUT2D eigenvalue weighted by molar-refractivity contribution is 0.148. The van der Waals surface area contributed by atoms with Crippen molar-refractivity contribution in [3.8, 4) is 0 Å². The molecular formula is C22H33N5O. The third-order valence-electron chi connectivity index (χ3n) is 5.86. The number of carbonyl (C=O) groups is 1. The van der Waals surface area contributed by atoms with E-state index in [0.717, 1.165) is 41.9 Å². The largest absolute Gasteiger partial charge is 0.331 e. The van der Waals surface area contributed by atoms with E-state index < -0.39 is 0 Å². The van der Waals surface area contributed by atoms with Crippen LogP contribution in [0.25, 0.3) is 0 Å². The normalized spacial score (nSPS) is 16.0. The molecule has 1 atom stereocenters. The lowest BCUT2D eigenvalue weighted by atomic mass is 9.94. The summed E-state index contributed by atoms with van der Waals surface area (Å²) in [5.74, 6) is 0. The minimum atomic E-state index is -0.0761. The summed E-state index contributed by atoms with van der Waals surface area (Å²) >= 11 is 0. The molecule has 1 fully saturated rings. The second-order valence-electron chi connectivity index (χ2n) is 7.85. The average molecular weight is 384 g/mol. The van der Waals surface area contributed by atoms with Crippen LogP contribution in [0, 0.1) is 13.8 Å². The molecule has 6 heteroatoms. The van der Waals surface area contributed by atoms with Gasteiger partial charge in [0.2, 0.25) is 0 Å². The van der Waals surface area contributed by atoms with Crippen LogP contribution >= 0.6 is 0 Å². The van der Waals surface area contributed by atoms with E-state index in [1.807, 2.05) is 34.8 Å². The van der Waals surface area contributed by atoms with E-state index in [1.54, 1.807) is 6.20 Å². The van der Waals surface area contributed by atoms with E-state index >= 15 is 0 Å². The molecule has 28 heavy (non-hydrogen) atoms. The monoisotopic (exact) mass is 383 g/mol. The first-order valence-corrected chi connectivity index (χ1v) is 10.5. The van der Waals surface area contributed by atoms with Crippen molar-refractivity contribution in [2.45, 2.75) is 85.0 Å². The second-order valence-corrected chi connectivity index (χ2v) is 7.85. The van der Waals surface area contributed by atoms with Gasteiger partial charge in [-0.25, -0.2) is 4.79 Å². The number of hydrogen-bond donors (Lipinski definition) is 1. The fraction of sp³-hybridized carbons (Fsp3) is 0.591. The van der Waals surface area contributed by atoms with Gasteiger partial charge in [0.05, 0.1) is 11.7 Å². The standard InChI is InChI=1S/C22H33N5O/c1-5-27-18(4)21(17(3)25-27)16(2)24-22(28)26(20-11-7-6-8-12-20)15-19-10-9-13-23-14-19/h9-10,13-14,16,20H,5-8,11-12,15H2,1-4H3,(H,24,28)/t16-/m0/s1. The summed E-state index contributed by atoms with van der Waals surface area (Å²) in [5.41, 5.74) is 4.31. The molecule has 1 saturated carbocycles. The Hall–Kier alpha value is -2.37. The van der Waals surface area contributed by atoms with Gasteiger partial charge in [-0.3, -0.25) is 9.67 Å². The molecule has 0 aliphatic heterocycles. The number of nitrogens with one attached hydrogen (secondary N) is 1. The first-order valence-electron chi connectivity index (χ1n) is 10.5. The fourth-order valence-corrected chi connectivity index (χ4v) is 4.43. The summed E-state index contributed by atoms with van der Waals surface area (Å²) in [5, 5.41) is 7.85. The SMILES string of the molecule is CCn1nc(C)c([C@H](C)NC(=O)N(Cc2cccnc2)C2CCCCC2)c1C. The van der Waals surface area contributed by atoms with Crippen molar-refractivity contribution in [1.29, 1.82) is 0 Å². The van der Waals surface area contributed by atoms with Crippen LogP contribution in [0.5, 0.6) is 0 Å². The molecule has 2 aromatic heterocycles. The van der Waals surface area contributed by atoms with Crippen LogP contribution in [0.15, 0.2) is 24.5 Å². The van der Waals surface area contributed by atoms with E-state index in [2.05, 4.69) is 36.2 Å². The maximum Gasteiger partial charge on any atom is 0.318 e. The van der Waals surface area contributed by atoms with Gasteiger partial charge in [0.25, 0.3) is 0 Å². The molecule has 6 nitrogen and oxygen atoms in total. The van der Waals surface area contributed by atoms with Crippen LogP contribution < -0.4 is 5.32 Å². The quantitative estimate of drug-likeness (QED) is 0.798. The van der Waals surface area contributed by atoms with Crippen molar-refractivity contribution >= 4 is 6.03 Å². The number of carbonyl (C=O) groups excluding carboxylic acids is 1. The summed E-state index contributed by atoms with van der Waals surface area (Å²) in [4.78, 5) is 19.5. The highest BCUT2D eigenvalue weighted by molar-refractivity contribution is 5.75. The van der Waals surface area contributed by atoms with E-state index in [4.69, 9.17) is 0 Å². The Morgan fingerprint density at radius 3 is 2.68 bits per heavy atom. The van der Waals surface area contributed by atoms with Crippen LogP contribution in [0.1, 0.15) is 74.5 Å². The highest BCUT2D eigenvalue weighted by Gasteiger charge is 2.28. The molecule has 2 heterocycles. The minimum absolute atomic E-state index is 0.00583. The van der Waals surface area contributed by atoms with Crippen molar-refractivity contribution in [3.63, 3.8) is 0 Å². The van der Waals surface area contributed by atoms with Crippen LogP contribution in [-0.4, -0.2) is 31.7 Å². The van der Waals surface area contributed by atoms with E-state index in [0.29, 0.717) is 12.6 Å². The molecule has 0 bridgehead atoms. The summed E-state index contributed by atoms with van der Waals surface area (Å²) < 4.78 is 2.00. The Labute approximate surface area is 168 Å². The number of urea groups is 1. The number of rotatable bonds is 6. The van der Waals surface area contributed by atoms with Gasteiger partial charge in [0.15, 0.2) is 0 Å². The highest BCUT2D eigenvalue weighted by Crippen LogP contribution is 2.26. The lowest BCUT2D eigenvalue weighted by Gasteiger charge is -2.35. The zero-order valence-electron chi connectivity index (χ0n) is 17.6. The van der Waals surface area contributed by atoms with Crippen molar-refractivity contribution in [1.82, 2.24) is 25.0 Å². The van der Waals surface area contributed by atoms with Crippen LogP contribution in [0.4, 0.5) is 4.79 Å². The Bertz CT molecular complexity index is 780. The summed E-state index contributed by atoms with van der Waals surface area (Å²) in [7, 11) is 0. The Morgan fingerprint density at radius 2 is 2.07 bits per heavy atom. The lowest BCUT2D eigenvalue weighted by Crippen LogP contribution is -2.47. The maximum absolute atomic E-state index is 13.3. The van der Waals surface area contributed by atoms with Gasteiger partial charge in [0, 0.05) is 42.8 Å². The molecule has 0 spiro atoms. The van der Waals surface area contributed by atoms with Crippen molar-refractivity contribution in [2.24, 2.45) is 0 Å². The van der Waals surface area contributed by atoms with Crippen molar-refractivity contribution in [2.75, 3.05) is 0 Å². The summed E-state index contributed by atoms with van der Waals surface area (Å²) in [6, 6.07) is 4.20. The molecule has 1 aliphatic carbocycles.